The van der Waals surface area contributed by atoms with Crippen LogP contribution < -0.4 is 23.7 Å². The first-order valence-corrected chi connectivity index (χ1v) is 16.6. The molecule has 13 atom stereocenters. The van der Waals surface area contributed by atoms with Crippen molar-refractivity contribution in [2.75, 3.05) is 40.6 Å². The molecule has 2 aromatic rings. The lowest BCUT2D eigenvalue weighted by molar-refractivity contribution is -0.345. The van der Waals surface area contributed by atoms with Gasteiger partial charge in [-0.15, -0.1) is 0 Å². The largest absolute Gasteiger partial charge is 0.493 e. The zero-order valence-electron chi connectivity index (χ0n) is 28.0. The molecule has 5 heterocycles. The maximum absolute atomic E-state index is 14.0. The number of rotatable bonds is 9. The summed E-state index contributed by atoms with van der Waals surface area (Å²) in [5.41, 5.74) is -0.0572. The van der Waals surface area contributed by atoms with Gasteiger partial charge in [-0.3, -0.25) is 4.79 Å². The van der Waals surface area contributed by atoms with Gasteiger partial charge in [0.15, 0.2) is 29.9 Å². The normalized spacial score (nSPS) is 36.6. The molecule has 7 rings (SSSR count). The molecule has 13 unspecified atom stereocenters. The SMILES string of the molecule is COc1cc2c(cc1OC)C1C(=O)c3ccc4c(c3OC1CO2)CC(C(C)(CO)OC1OC(COC2OCC(O)C(O)C2O)C(O)C(O)C1O)O4. The summed E-state index contributed by atoms with van der Waals surface area (Å²) in [6.07, 6.45) is -15.4. The Morgan fingerprint density at radius 3 is 2.31 bits per heavy atom. The second-order valence-electron chi connectivity index (χ2n) is 13.5. The number of ether oxygens (including phenoxy) is 9. The van der Waals surface area contributed by atoms with Crippen molar-refractivity contribution in [2.45, 2.75) is 92.4 Å². The van der Waals surface area contributed by atoms with Gasteiger partial charge >= 0.3 is 0 Å². The highest BCUT2D eigenvalue weighted by molar-refractivity contribution is 6.06. The number of fused-ring (bicyclic) bond motifs is 6. The van der Waals surface area contributed by atoms with E-state index in [1.165, 1.54) is 21.1 Å². The summed E-state index contributed by atoms with van der Waals surface area (Å²) in [6, 6.07) is 6.65. The lowest BCUT2D eigenvalue weighted by atomic mass is 9.81. The van der Waals surface area contributed by atoms with Crippen LogP contribution in [-0.4, -0.2) is 155 Å². The van der Waals surface area contributed by atoms with Crippen LogP contribution in [0.4, 0.5) is 0 Å². The van der Waals surface area contributed by atoms with Crippen LogP contribution in [0.15, 0.2) is 24.3 Å². The van der Waals surface area contributed by atoms with Crippen molar-refractivity contribution in [3.63, 3.8) is 0 Å². The van der Waals surface area contributed by atoms with Gasteiger partial charge in [-0.25, -0.2) is 0 Å². The molecule has 5 aliphatic heterocycles. The smallest absolute Gasteiger partial charge is 0.187 e. The molecule has 51 heavy (non-hydrogen) atoms. The second kappa shape index (κ2) is 13.9. The number of Topliss-reactive ketones (excluding diaryl/α,β-unsaturated/α-hetero) is 1. The third-order valence-corrected chi connectivity index (χ3v) is 10.2. The lowest BCUT2D eigenvalue weighted by Gasteiger charge is -2.45. The van der Waals surface area contributed by atoms with E-state index < -0.39 is 92.2 Å². The molecule has 280 valence electrons. The molecule has 0 spiro atoms. The van der Waals surface area contributed by atoms with Crippen LogP contribution in [-0.2, 0) is 25.4 Å². The average Bonchev–Trinajstić information content (AvgIpc) is 3.59. The predicted molar refractivity (Wildman–Crippen MR) is 168 cm³/mol. The van der Waals surface area contributed by atoms with Crippen molar-refractivity contribution in [3.8, 4) is 28.7 Å². The third kappa shape index (κ3) is 6.19. The van der Waals surface area contributed by atoms with E-state index in [1.54, 1.807) is 24.3 Å². The van der Waals surface area contributed by atoms with Gasteiger partial charge in [0.1, 0.15) is 84.4 Å². The van der Waals surface area contributed by atoms with Crippen LogP contribution in [0.25, 0.3) is 0 Å². The Balaban J connectivity index is 1.07. The summed E-state index contributed by atoms with van der Waals surface area (Å²) >= 11 is 0. The van der Waals surface area contributed by atoms with E-state index in [4.69, 9.17) is 42.6 Å². The molecule has 7 N–H and O–H groups in total. The van der Waals surface area contributed by atoms with E-state index in [0.717, 1.165) is 0 Å². The van der Waals surface area contributed by atoms with Gasteiger partial charge in [0, 0.05) is 23.6 Å². The van der Waals surface area contributed by atoms with Crippen LogP contribution in [0.1, 0.15) is 34.3 Å². The Morgan fingerprint density at radius 2 is 1.59 bits per heavy atom. The highest BCUT2D eigenvalue weighted by Crippen LogP contribution is 2.50. The number of aliphatic hydroxyl groups is 7. The number of benzene rings is 2. The summed E-state index contributed by atoms with van der Waals surface area (Å²) in [6.45, 7) is 0.171. The van der Waals surface area contributed by atoms with Crippen LogP contribution in [0.5, 0.6) is 28.7 Å². The minimum Gasteiger partial charge on any atom is -0.493 e. The minimum atomic E-state index is -1.77. The number of methoxy groups -OCH3 is 2. The Labute approximate surface area is 291 Å². The van der Waals surface area contributed by atoms with Gasteiger partial charge in [0.25, 0.3) is 0 Å². The molecule has 0 amide bonds. The number of carbonyl (C=O) groups excluding carboxylic acids is 1. The highest BCUT2D eigenvalue weighted by atomic mass is 16.7. The molecule has 0 aromatic heterocycles. The molecule has 2 fully saturated rings. The molecule has 2 aromatic carbocycles. The van der Waals surface area contributed by atoms with Gasteiger partial charge in [-0.05, 0) is 25.1 Å². The van der Waals surface area contributed by atoms with Crippen molar-refractivity contribution in [3.05, 3.63) is 41.0 Å². The summed E-state index contributed by atoms with van der Waals surface area (Å²) < 4.78 is 52.1. The fraction of sp³-hybridized carbons (Fsp3) is 0.618. The topological polar surface area (TPSA) is 242 Å². The first-order chi connectivity index (χ1) is 24.4. The van der Waals surface area contributed by atoms with Crippen LogP contribution in [0, 0.1) is 0 Å². The zero-order chi connectivity index (χ0) is 36.4. The zero-order valence-corrected chi connectivity index (χ0v) is 28.0. The first-order valence-electron chi connectivity index (χ1n) is 16.6. The molecule has 17 nitrogen and oxygen atoms in total. The molecule has 0 bridgehead atoms. The highest BCUT2D eigenvalue weighted by Gasteiger charge is 2.52. The first kappa shape index (κ1) is 36.0. The van der Waals surface area contributed by atoms with E-state index in [2.05, 4.69) is 0 Å². The number of hydrogen-bond acceptors (Lipinski definition) is 17. The fourth-order valence-electron chi connectivity index (χ4n) is 7.15. The maximum atomic E-state index is 14.0. The fourth-order valence-corrected chi connectivity index (χ4v) is 7.15. The molecular weight excluding hydrogens is 680 g/mol. The Hall–Kier alpha value is -3.33. The molecule has 2 saturated heterocycles. The van der Waals surface area contributed by atoms with Gasteiger partial charge < -0.3 is 78.4 Å². The Morgan fingerprint density at radius 1 is 0.863 bits per heavy atom. The standard InChI is InChI=1S/C34H42O17/c1-34(12-35,51-33-30(42)28(40)27(39)22(50-33)11-47-32-29(41)26(38)16(36)9-46-32)23-7-15-17(48-23)5-4-13-25(37)24-14-6-19(43-2)20(44-3)8-18(14)45-10-21(24)49-31(13)15/h4-6,8,16,21-24,26-30,32-33,35-36,38-42H,7,9-12H2,1-3H3. The number of hydrogen-bond donors (Lipinski definition) is 7. The summed E-state index contributed by atoms with van der Waals surface area (Å²) in [7, 11) is 3.01. The summed E-state index contributed by atoms with van der Waals surface area (Å²) in [4.78, 5) is 14.0. The number of ketones is 1. The average molecular weight is 723 g/mol. The van der Waals surface area contributed by atoms with Crippen LogP contribution in [0.2, 0.25) is 0 Å². The molecule has 5 aliphatic rings. The van der Waals surface area contributed by atoms with E-state index in [1.807, 2.05) is 0 Å². The molecule has 0 radical (unpaired) electrons. The number of carbonyl (C=O) groups is 1. The minimum absolute atomic E-state index is 0.0914. The summed E-state index contributed by atoms with van der Waals surface area (Å²) in [5.74, 6) is 1.26. The van der Waals surface area contributed by atoms with E-state index >= 15 is 0 Å². The molecule has 0 aliphatic carbocycles. The Kier molecular flexibility index (Phi) is 9.83. The van der Waals surface area contributed by atoms with Crippen LogP contribution in [0.3, 0.4) is 0 Å². The van der Waals surface area contributed by atoms with Crippen molar-refractivity contribution >= 4 is 5.78 Å². The van der Waals surface area contributed by atoms with E-state index in [9.17, 15) is 40.5 Å². The number of aliphatic hydroxyl groups excluding tert-OH is 7. The summed E-state index contributed by atoms with van der Waals surface area (Å²) in [5, 5.41) is 72.5. The Bertz CT molecular complexity index is 1620. The van der Waals surface area contributed by atoms with Gasteiger partial charge in [0.05, 0.1) is 45.5 Å². The predicted octanol–water partition coefficient (Wildman–Crippen LogP) is -1.84. The monoisotopic (exact) mass is 722 g/mol. The van der Waals surface area contributed by atoms with Crippen molar-refractivity contribution in [2.24, 2.45) is 0 Å². The third-order valence-electron chi connectivity index (χ3n) is 10.2. The van der Waals surface area contributed by atoms with Crippen molar-refractivity contribution < 1.29 is 83.2 Å². The van der Waals surface area contributed by atoms with E-state index in [0.29, 0.717) is 45.4 Å². The quantitative estimate of drug-likeness (QED) is 0.150. The van der Waals surface area contributed by atoms with Crippen molar-refractivity contribution in [1.82, 2.24) is 0 Å². The molecular formula is C34H42O17. The molecule has 17 heteroatoms. The lowest BCUT2D eigenvalue weighted by Crippen LogP contribution is -2.63. The maximum Gasteiger partial charge on any atom is 0.187 e. The van der Waals surface area contributed by atoms with Gasteiger partial charge in [0.2, 0.25) is 0 Å². The molecule has 0 saturated carbocycles. The second-order valence-corrected chi connectivity index (χ2v) is 13.5. The van der Waals surface area contributed by atoms with Gasteiger partial charge in [-0.1, -0.05) is 0 Å². The van der Waals surface area contributed by atoms with E-state index in [-0.39, 0.29) is 25.4 Å². The van der Waals surface area contributed by atoms with Crippen LogP contribution >= 0.6 is 0 Å². The van der Waals surface area contributed by atoms with Gasteiger partial charge in [-0.2, -0.15) is 0 Å². The van der Waals surface area contributed by atoms with Crippen molar-refractivity contribution in [1.29, 1.82) is 0 Å².